The van der Waals surface area contributed by atoms with Crippen LogP contribution in [0.2, 0.25) is 0 Å². The summed E-state index contributed by atoms with van der Waals surface area (Å²) in [4.78, 5) is 0. The summed E-state index contributed by atoms with van der Waals surface area (Å²) in [5.41, 5.74) is -0.851. The lowest BCUT2D eigenvalue weighted by molar-refractivity contribution is -0.0384. The summed E-state index contributed by atoms with van der Waals surface area (Å²) in [6, 6.07) is 0.781. The molecule has 0 bridgehead atoms. The van der Waals surface area contributed by atoms with E-state index in [1.165, 1.54) is 19.3 Å². The molecule has 0 aromatic carbocycles. The molecular weight excluding hydrogens is 174 g/mol. The molecule has 1 aliphatic carbocycles. The standard InChI is InChI=1S/C12H19NO/c1-3-12(14)8-9(2)13-11-7-5-4-6-10(11)12/h1,9-11,13-14H,4-8H2,2H3/t9-,10+,11-,12-/m1/s1. The van der Waals surface area contributed by atoms with Crippen molar-refractivity contribution in [1.82, 2.24) is 5.32 Å². The average Bonchev–Trinajstić information content (AvgIpc) is 2.17. The first-order valence-corrected chi connectivity index (χ1v) is 5.62. The van der Waals surface area contributed by atoms with Crippen LogP contribution in [0.5, 0.6) is 0 Å². The topological polar surface area (TPSA) is 32.3 Å². The van der Waals surface area contributed by atoms with Gasteiger partial charge in [-0.1, -0.05) is 18.8 Å². The minimum atomic E-state index is -0.851. The monoisotopic (exact) mass is 193 g/mol. The van der Waals surface area contributed by atoms with Gasteiger partial charge in [-0.25, -0.2) is 0 Å². The first kappa shape index (κ1) is 10.0. The Kier molecular flexibility index (Phi) is 2.55. The van der Waals surface area contributed by atoms with Crippen molar-refractivity contribution in [2.75, 3.05) is 0 Å². The fourth-order valence-corrected chi connectivity index (χ4v) is 3.11. The lowest BCUT2D eigenvalue weighted by atomic mass is 9.69. The summed E-state index contributed by atoms with van der Waals surface area (Å²) < 4.78 is 0. The second-order valence-electron chi connectivity index (χ2n) is 4.84. The van der Waals surface area contributed by atoms with Crippen molar-refractivity contribution in [2.24, 2.45) is 5.92 Å². The van der Waals surface area contributed by atoms with E-state index in [1.54, 1.807) is 0 Å². The van der Waals surface area contributed by atoms with Gasteiger partial charge in [-0.15, -0.1) is 6.42 Å². The van der Waals surface area contributed by atoms with Gasteiger partial charge < -0.3 is 10.4 Å². The molecule has 0 aromatic rings. The van der Waals surface area contributed by atoms with Crippen LogP contribution in [0, 0.1) is 18.3 Å². The second-order valence-corrected chi connectivity index (χ2v) is 4.84. The Balaban J connectivity index is 2.20. The van der Waals surface area contributed by atoms with Crippen molar-refractivity contribution in [2.45, 2.75) is 56.7 Å². The van der Waals surface area contributed by atoms with Crippen molar-refractivity contribution in [3.8, 4) is 12.3 Å². The summed E-state index contributed by atoms with van der Waals surface area (Å²) in [5, 5.41) is 13.9. The number of aliphatic hydroxyl groups is 1. The van der Waals surface area contributed by atoms with Crippen LogP contribution in [0.25, 0.3) is 0 Å². The predicted molar refractivity (Wildman–Crippen MR) is 56.7 cm³/mol. The summed E-state index contributed by atoms with van der Waals surface area (Å²) in [6.07, 6.45) is 10.9. The zero-order valence-electron chi connectivity index (χ0n) is 8.79. The maximum atomic E-state index is 10.4. The number of rotatable bonds is 0. The van der Waals surface area contributed by atoms with E-state index < -0.39 is 5.60 Å². The number of fused-ring (bicyclic) bond motifs is 1. The summed E-state index contributed by atoms with van der Waals surface area (Å²) in [5.74, 6) is 2.90. The molecule has 2 fully saturated rings. The molecule has 0 aromatic heterocycles. The Bertz CT molecular complexity index is 258. The highest BCUT2D eigenvalue weighted by Crippen LogP contribution is 2.38. The molecule has 2 N–H and O–H groups in total. The van der Waals surface area contributed by atoms with E-state index >= 15 is 0 Å². The van der Waals surface area contributed by atoms with Crippen molar-refractivity contribution in [3.05, 3.63) is 0 Å². The van der Waals surface area contributed by atoms with Gasteiger partial charge in [0.05, 0.1) is 0 Å². The average molecular weight is 193 g/mol. The van der Waals surface area contributed by atoms with E-state index in [9.17, 15) is 5.11 Å². The Labute approximate surface area is 86.1 Å². The minimum Gasteiger partial charge on any atom is -0.377 e. The van der Waals surface area contributed by atoms with E-state index in [-0.39, 0.29) is 5.92 Å². The number of hydrogen-bond acceptors (Lipinski definition) is 2. The Hall–Kier alpha value is -0.520. The lowest BCUT2D eigenvalue weighted by Gasteiger charge is -2.47. The van der Waals surface area contributed by atoms with E-state index in [0.29, 0.717) is 18.5 Å². The number of hydrogen-bond donors (Lipinski definition) is 2. The minimum absolute atomic E-state index is 0.275. The van der Waals surface area contributed by atoms with E-state index in [0.717, 1.165) is 6.42 Å². The molecule has 0 amide bonds. The van der Waals surface area contributed by atoms with Crippen LogP contribution in [0.3, 0.4) is 0 Å². The fraction of sp³-hybridized carbons (Fsp3) is 0.833. The van der Waals surface area contributed by atoms with E-state index in [2.05, 4.69) is 18.2 Å². The molecular formula is C12H19NO. The van der Waals surface area contributed by atoms with Crippen molar-refractivity contribution >= 4 is 0 Å². The third-order valence-electron chi connectivity index (χ3n) is 3.75. The van der Waals surface area contributed by atoms with Crippen LogP contribution in [0.4, 0.5) is 0 Å². The highest BCUT2D eigenvalue weighted by atomic mass is 16.3. The van der Waals surface area contributed by atoms with Crippen molar-refractivity contribution in [1.29, 1.82) is 0 Å². The first-order chi connectivity index (χ1) is 6.65. The lowest BCUT2D eigenvalue weighted by Crippen LogP contribution is -2.59. The zero-order chi connectivity index (χ0) is 10.2. The summed E-state index contributed by atoms with van der Waals surface area (Å²) in [6.45, 7) is 2.10. The molecule has 2 rings (SSSR count). The van der Waals surface area contributed by atoms with Gasteiger partial charge in [-0.2, -0.15) is 0 Å². The zero-order valence-corrected chi connectivity index (χ0v) is 8.79. The Morgan fingerprint density at radius 1 is 1.43 bits per heavy atom. The third kappa shape index (κ3) is 1.55. The van der Waals surface area contributed by atoms with Gasteiger partial charge in [0.25, 0.3) is 0 Å². The van der Waals surface area contributed by atoms with Gasteiger partial charge in [-0.3, -0.25) is 0 Å². The predicted octanol–water partition coefficient (Wildman–Crippen LogP) is 1.29. The molecule has 1 aliphatic heterocycles. The summed E-state index contributed by atoms with van der Waals surface area (Å²) in [7, 11) is 0. The van der Waals surface area contributed by atoms with Crippen LogP contribution < -0.4 is 5.32 Å². The molecule has 0 spiro atoms. The molecule has 1 heterocycles. The molecule has 1 saturated carbocycles. The van der Waals surface area contributed by atoms with Crippen LogP contribution in [-0.2, 0) is 0 Å². The highest BCUT2D eigenvalue weighted by Gasteiger charge is 2.45. The first-order valence-electron chi connectivity index (χ1n) is 5.62. The van der Waals surface area contributed by atoms with Gasteiger partial charge in [0.15, 0.2) is 0 Å². The molecule has 0 unspecified atom stereocenters. The highest BCUT2D eigenvalue weighted by molar-refractivity contribution is 5.16. The largest absolute Gasteiger partial charge is 0.377 e. The quantitative estimate of drug-likeness (QED) is 0.568. The number of terminal acetylenes is 1. The SMILES string of the molecule is C#C[C@@]1(O)C[C@@H](C)N[C@@H]2CCCC[C@@H]21. The molecule has 1 saturated heterocycles. The van der Waals surface area contributed by atoms with Gasteiger partial charge in [-0.05, 0) is 19.8 Å². The van der Waals surface area contributed by atoms with Gasteiger partial charge in [0, 0.05) is 24.4 Å². The fourth-order valence-electron chi connectivity index (χ4n) is 3.11. The van der Waals surface area contributed by atoms with Gasteiger partial charge in [0.2, 0.25) is 0 Å². The summed E-state index contributed by atoms with van der Waals surface area (Å²) >= 11 is 0. The third-order valence-corrected chi connectivity index (χ3v) is 3.75. The second kappa shape index (κ2) is 3.56. The van der Waals surface area contributed by atoms with Gasteiger partial charge >= 0.3 is 0 Å². The smallest absolute Gasteiger partial charge is 0.130 e. The van der Waals surface area contributed by atoms with Crippen molar-refractivity contribution in [3.63, 3.8) is 0 Å². The van der Waals surface area contributed by atoms with Crippen LogP contribution in [-0.4, -0.2) is 22.8 Å². The maximum absolute atomic E-state index is 10.4. The number of nitrogens with one attached hydrogen (secondary N) is 1. The van der Waals surface area contributed by atoms with Crippen molar-refractivity contribution < 1.29 is 5.11 Å². The van der Waals surface area contributed by atoms with E-state index in [4.69, 9.17) is 6.42 Å². The Morgan fingerprint density at radius 3 is 2.86 bits per heavy atom. The van der Waals surface area contributed by atoms with Crippen LogP contribution in [0.15, 0.2) is 0 Å². The molecule has 2 heteroatoms. The van der Waals surface area contributed by atoms with Gasteiger partial charge in [0.1, 0.15) is 5.60 Å². The normalized spacial score (nSPS) is 47.9. The molecule has 2 nitrogen and oxygen atoms in total. The van der Waals surface area contributed by atoms with Crippen LogP contribution in [0.1, 0.15) is 39.0 Å². The van der Waals surface area contributed by atoms with Crippen LogP contribution >= 0.6 is 0 Å². The molecule has 4 atom stereocenters. The maximum Gasteiger partial charge on any atom is 0.130 e. The molecule has 14 heavy (non-hydrogen) atoms. The molecule has 78 valence electrons. The molecule has 0 radical (unpaired) electrons. The Morgan fingerprint density at radius 2 is 2.14 bits per heavy atom. The van der Waals surface area contributed by atoms with E-state index in [1.807, 2.05) is 0 Å². The molecule has 2 aliphatic rings. The number of piperidine rings is 1.